The van der Waals surface area contributed by atoms with Gasteiger partial charge in [0.2, 0.25) is 5.83 Å². The van der Waals surface area contributed by atoms with Gasteiger partial charge in [0.25, 0.3) is 0 Å². The first-order valence-corrected chi connectivity index (χ1v) is 10.2. The number of hydrogen-bond donors (Lipinski definition) is 0. The smallest absolute Gasteiger partial charge is 0.366 e. The minimum atomic E-state index is -1.01. The summed E-state index contributed by atoms with van der Waals surface area (Å²) in [4.78, 5) is 10.8. The average Bonchev–Trinajstić information content (AvgIpc) is 2.57. The summed E-state index contributed by atoms with van der Waals surface area (Å²) >= 11 is 0. The topological polar surface area (TPSA) is 26.3 Å². The third kappa shape index (κ3) is 17.5. The molecular formula is C21H39FO2. The molecule has 0 aromatic carbocycles. The number of unbranched alkanes of at least 4 members (excludes halogenated alkanes) is 15. The van der Waals surface area contributed by atoms with Crippen LogP contribution < -0.4 is 0 Å². The van der Waals surface area contributed by atoms with Crippen molar-refractivity contribution in [1.82, 2.24) is 0 Å². The predicted molar refractivity (Wildman–Crippen MR) is 101 cm³/mol. The lowest BCUT2D eigenvalue weighted by Crippen LogP contribution is -2.05. The Balaban J connectivity index is 3.05. The Hall–Kier alpha value is -0.860. The van der Waals surface area contributed by atoms with Crippen LogP contribution in [0.5, 0.6) is 0 Å². The van der Waals surface area contributed by atoms with Crippen molar-refractivity contribution in [3.63, 3.8) is 0 Å². The lowest BCUT2D eigenvalue weighted by Gasteiger charge is -2.04. The van der Waals surface area contributed by atoms with Crippen molar-refractivity contribution in [2.75, 3.05) is 6.61 Å². The maximum Gasteiger partial charge on any atom is 0.366 e. The summed E-state index contributed by atoms with van der Waals surface area (Å²) in [5.41, 5.74) is 0. The molecule has 0 spiro atoms. The van der Waals surface area contributed by atoms with Crippen molar-refractivity contribution >= 4 is 5.97 Å². The minimum absolute atomic E-state index is 0.306. The first-order chi connectivity index (χ1) is 11.7. The molecule has 0 fully saturated rings. The van der Waals surface area contributed by atoms with Crippen LogP contribution in [0.15, 0.2) is 12.4 Å². The second-order valence-corrected chi connectivity index (χ2v) is 6.84. The van der Waals surface area contributed by atoms with E-state index in [-0.39, 0.29) is 0 Å². The van der Waals surface area contributed by atoms with Gasteiger partial charge in [-0.3, -0.25) is 0 Å². The summed E-state index contributed by atoms with van der Waals surface area (Å²) in [7, 11) is 0. The van der Waals surface area contributed by atoms with Gasteiger partial charge in [-0.25, -0.2) is 4.79 Å². The fraction of sp³-hybridized carbons (Fsp3) is 0.857. The SMILES string of the molecule is C=C(F)C(=O)OCCCCCCCCCCCCCCCCCC. The monoisotopic (exact) mass is 342 g/mol. The van der Waals surface area contributed by atoms with Crippen molar-refractivity contribution in [2.45, 2.75) is 110 Å². The van der Waals surface area contributed by atoms with Crippen LogP contribution in [0, 0.1) is 0 Å². The number of rotatable bonds is 18. The summed E-state index contributed by atoms with van der Waals surface area (Å²) in [6, 6.07) is 0. The summed E-state index contributed by atoms with van der Waals surface area (Å²) < 4.78 is 17.0. The van der Waals surface area contributed by atoms with E-state index in [1.165, 1.54) is 89.9 Å². The molecule has 0 radical (unpaired) electrons. The molecule has 24 heavy (non-hydrogen) atoms. The summed E-state index contributed by atoms with van der Waals surface area (Å²) in [6.07, 6.45) is 20.9. The number of carbonyl (C=O) groups excluding carboxylic acids is 1. The summed E-state index contributed by atoms with van der Waals surface area (Å²) in [5, 5.41) is 0. The molecule has 0 aliphatic rings. The number of carbonyl (C=O) groups is 1. The number of esters is 1. The molecule has 2 nitrogen and oxygen atoms in total. The third-order valence-corrected chi connectivity index (χ3v) is 4.45. The Labute approximate surface area is 149 Å². The van der Waals surface area contributed by atoms with Gasteiger partial charge in [0.1, 0.15) is 0 Å². The molecule has 0 atom stereocenters. The zero-order chi connectivity index (χ0) is 17.9. The van der Waals surface area contributed by atoms with Gasteiger partial charge >= 0.3 is 5.97 Å². The second-order valence-electron chi connectivity index (χ2n) is 6.84. The second kappa shape index (κ2) is 18.5. The van der Waals surface area contributed by atoms with Crippen molar-refractivity contribution in [3.8, 4) is 0 Å². The summed E-state index contributed by atoms with van der Waals surface area (Å²) in [6.45, 7) is 5.48. The van der Waals surface area contributed by atoms with Crippen LogP contribution in [-0.2, 0) is 9.53 Å². The molecule has 0 aliphatic heterocycles. The fourth-order valence-electron chi connectivity index (χ4n) is 2.89. The van der Waals surface area contributed by atoms with E-state index in [0.717, 1.165) is 12.8 Å². The normalized spacial score (nSPS) is 10.8. The molecule has 142 valence electrons. The lowest BCUT2D eigenvalue weighted by molar-refractivity contribution is -0.140. The van der Waals surface area contributed by atoms with Gasteiger partial charge in [0, 0.05) is 0 Å². The first kappa shape index (κ1) is 23.1. The van der Waals surface area contributed by atoms with Crippen molar-refractivity contribution in [2.24, 2.45) is 0 Å². The summed E-state index contributed by atoms with van der Waals surface area (Å²) in [5.74, 6) is -1.93. The van der Waals surface area contributed by atoms with Gasteiger partial charge < -0.3 is 4.74 Å². The Morgan fingerprint density at radius 2 is 1.04 bits per heavy atom. The lowest BCUT2D eigenvalue weighted by atomic mass is 10.0. The Morgan fingerprint density at radius 1 is 0.708 bits per heavy atom. The zero-order valence-electron chi connectivity index (χ0n) is 15.9. The molecule has 0 aliphatic carbocycles. The standard InChI is InChI=1S/C21H39FO2/c1-3-4-5-6-7-8-9-10-11-12-13-14-15-16-17-18-19-24-21(23)20(2)22/h2-19H2,1H3. The van der Waals surface area contributed by atoms with E-state index < -0.39 is 11.8 Å². The number of ether oxygens (including phenoxy) is 1. The number of hydrogen-bond acceptors (Lipinski definition) is 2. The maximum atomic E-state index is 12.3. The highest BCUT2D eigenvalue weighted by Gasteiger charge is 2.05. The molecule has 0 saturated carbocycles. The molecule has 0 heterocycles. The zero-order valence-corrected chi connectivity index (χ0v) is 15.9. The maximum absolute atomic E-state index is 12.3. The quantitative estimate of drug-likeness (QED) is 0.149. The van der Waals surface area contributed by atoms with E-state index in [2.05, 4.69) is 13.5 Å². The van der Waals surface area contributed by atoms with E-state index in [0.29, 0.717) is 6.61 Å². The van der Waals surface area contributed by atoms with E-state index >= 15 is 0 Å². The Kier molecular flexibility index (Phi) is 17.8. The molecule has 0 rings (SSSR count). The van der Waals surface area contributed by atoms with Crippen molar-refractivity contribution < 1.29 is 13.9 Å². The minimum Gasteiger partial charge on any atom is -0.460 e. The predicted octanol–water partition coefficient (Wildman–Crippen LogP) is 7.27. The van der Waals surface area contributed by atoms with Crippen LogP contribution in [-0.4, -0.2) is 12.6 Å². The first-order valence-electron chi connectivity index (χ1n) is 10.2. The highest BCUT2D eigenvalue weighted by Crippen LogP contribution is 2.13. The van der Waals surface area contributed by atoms with Crippen LogP contribution >= 0.6 is 0 Å². The van der Waals surface area contributed by atoms with E-state index in [1.54, 1.807) is 0 Å². The average molecular weight is 343 g/mol. The Morgan fingerprint density at radius 3 is 1.38 bits per heavy atom. The highest BCUT2D eigenvalue weighted by atomic mass is 19.1. The Bertz CT molecular complexity index is 302. The largest absolute Gasteiger partial charge is 0.460 e. The van der Waals surface area contributed by atoms with Crippen LogP contribution in [0.3, 0.4) is 0 Å². The molecular weight excluding hydrogens is 303 g/mol. The van der Waals surface area contributed by atoms with Crippen molar-refractivity contribution in [1.29, 1.82) is 0 Å². The van der Waals surface area contributed by atoms with Gasteiger partial charge in [0.05, 0.1) is 6.61 Å². The van der Waals surface area contributed by atoms with Gasteiger partial charge in [-0.2, -0.15) is 4.39 Å². The van der Waals surface area contributed by atoms with E-state index in [9.17, 15) is 9.18 Å². The highest BCUT2D eigenvalue weighted by molar-refractivity contribution is 5.85. The molecule has 0 N–H and O–H groups in total. The van der Waals surface area contributed by atoms with Gasteiger partial charge in [-0.05, 0) is 6.42 Å². The molecule has 3 heteroatoms. The molecule has 0 unspecified atom stereocenters. The van der Waals surface area contributed by atoms with Crippen molar-refractivity contribution in [3.05, 3.63) is 12.4 Å². The van der Waals surface area contributed by atoms with Gasteiger partial charge in [-0.1, -0.05) is 110 Å². The van der Waals surface area contributed by atoms with Crippen LogP contribution in [0.2, 0.25) is 0 Å². The molecule has 0 amide bonds. The molecule has 0 aromatic rings. The number of halogens is 1. The van der Waals surface area contributed by atoms with Crippen LogP contribution in [0.4, 0.5) is 4.39 Å². The van der Waals surface area contributed by atoms with Crippen LogP contribution in [0.25, 0.3) is 0 Å². The molecule has 0 bridgehead atoms. The van der Waals surface area contributed by atoms with E-state index in [4.69, 9.17) is 4.74 Å². The van der Waals surface area contributed by atoms with E-state index in [1.807, 2.05) is 0 Å². The van der Waals surface area contributed by atoms with Crippen LogP contribution in [0.1, 0.15) is 110 Å². The molecule has 0 aromatic heterocycles. The molecule has 0 saturated heterocycles. The van der Waals surface area contributed by atoms with Gasteiger partial charge in [-0.15, -0.1) is 0 Å². The fourth-order valence-corrected chi connectivity index (χ4v) is 2.89. The van der Waals surface area contributed by atoms with Gasteiger partial charge in [0.15, 0.2) is 0 Å². The third-order valence-electron chi connectivity index (χ3n) is 4.45.